The molecule has 3 aromatic carbocycles. The number of hydrogen-bond donors (Lipinski definition) is 1. The van der Waals surface area contributed by atoms with E-state index in [4.69, 9.17) is 9.72 Å². The van der Waals surface area contributed by atoms with Crippen LogP contribution in [0, 0.1) is 0 Å². The maximum atomic E-state index is 12.9. The van der Waals surface area contributed by atoms with E-state index in [1.165, 1.54) is 23.5 Å². The summed E-state index contributed by atoms with van der Waals surface area (Å²) >= 11 is 1.44. The second-order valence-electron chi connectivity index (χ2n) is 8.82. The number of aromatic nitrogens is 1. The van der Waals surface area contributed by atoms with Gasteiger partial charge in [0.05, 0.1) is 24.1 Å². The third-order valence-electron chi connectivity index (χ3n) is 6.34. The lowest BCUT2D eigenvalue weighted by Gasteiger charge is -2.36. The van der Waals surface area contributed by atoms with E-state index in [9.17, 15) is 13.2 Å². The lowest BCUT2D eigenvalue weighted by molar-refractivity contribution is -0.118. The van der Waals surface area contributed by atoms with E-state index in [0.29, 0.717) is 5.69 Å². The van der Waals surface area contributed by atoms with Gasteiger partial charge in [0.25, 0.3) is 10.0 Å². The molecule has 38 heavy (non-hydrogen) atoms. The first-order valence-electron chi connectivity index (χ1n) is 12.2. The number of nitrogens with one attached hydrogen (secondary N) is 1. The van der Waals surface area contributed by atoms with Gasteiger partial charge in [-0.25, -0.2) is 18.1 Å². The van der Waals surface area contributed by atoms with E-state index in [2.05, 4.69) is 26.7 Å². The van der Waals surface area contributed by atoms with E-state index in [0.717, 1.165) is 53.2 Å². The number of thiazole rings is 1. The Kier molecular flexibility index (Phi) is 7.62. The van der Waals surface area contributed by atoms with Gasteiger partial charge in [-0.1, -0.05) is 48.5 Å². The lowest BCUT2D eigenvalue weighted by atomic mass is 10.1. The van der Waals surface area contributed by atoms with Gasteiger partial charge in [-0.2, -0.15) is 0 Å². The third-order valence-corrected chi connectivity index (χ3v) is 8.85. The molecule has 2 heterocycles. The molecule has 196 valence electrons. The third kappa shape index (κ3) is 5.81. The minimum Gasteiger partial charge on any atom is -0.497 e. The molecule has 1 aliphatic rings. The predicted molar refractivity (Wildman–Crippen MR) is 150 cm³/mol. The zero-order valence-corrected chi connectivity index (χ0v) is 22.5. The van der Waals surface area contributed by atoms with Crippen LogP contribution in [0.3, 0.4) is 0 Å². The first-order valence-corrected chi connectivity index (χ1v) is 14.5. The molecular weight excluding hydrogens is 520 g/mol. The average Bonchev–Trinajstić information content (AvgIpc) is 3.37. The summed E-state index contributed by atoms with van der Waals surface area (Å²) in [5.41, 5.74) is 2.74. The minimum absolute atomic E-state index is 0.0522. The molecule has 0 unspecified atom stereocenters. The summed E-state index contributed by atoms with van der Waals surface area (Å²) in [4.78, 5) is 23.1. The molecule has 0 spiro atoms. The summed E-state index contributed by atoms with van der Waals surface area (Å²) in [7, 11) is -2.29. The Balaban J connectivity index is 1.33. The van der Waals surface area contributed by atoms with Crippen molar-refractivity contribution in [3.05, 3.63) is 89.8 Å². The number of carbonyl (C=O) groups excluding carboxylic acids is 1. The van der Waals surface area contributed by atoms with Crippen molar-refractivity contribution in [3.8, 4) is 17.0 Å². The van der Waals surface area contributed by atoms with Gasteiger partial charge in [0, 0.05) is 42.3 Å². The van der Waals surface area contributed by atoms with Crippen molar-refractivity contribution < 1.29 is 17.9 Å². The topological polar surface area (TPSA) is 91.8 Å². The average molecular weight is 549 g/mol. The number of benzene rings is 3. The summed E-state index contributed by atoms with van der Waals surface area (Å²) in [6.45, 7) is 3.22. The number of piperazine rings is 1. The SMILES string of the molecule is COc1ccc(N2CCN(c3nc(-c4ccccc4)c(CC(=O)NS(=O)(=O)c4ccccc4)s3)CC2)cc1. The molecule has 1 fully saturated rings. The molecule has 0 radical (unpaired) electrons. The first kappa shape index (κ1) is 25.7. The summed E-state index contributed by atoms with van der Waals surface area (Å²) in [5.74, 6) is 0.238. The van der Waals surface area contributed by atoms with Crippen molar-refractivity contribution in [3.63, 3.8) is 0 Å². The monoisotopic (exact) mass is 548 g/mol. The summed E-state index contributed by atoms with van der Waals surface area (Å²) in [5, 5.41) is 0.826. The Morgan fingerprint density at radius 2 is 1.50 bits per heavy atom. The van der Waals surface area contributed by atoms with Crippen LogP contribution >= 0.6 is 11.3 Å². The molecule has 0 saturated carbocycles. The van der Waals surface area contributed by atoms with Gasteiger partial charge in [0.1, 0.15) is 5.75 Å². The zero-order valence-electron chi connectivity index (χ0n) is 20.9. The number of sulfonamides is 1. The minimum atomic E-state index is -3.95. The van der Waals surface area contributed by atoms with Gasteiger partial charge >= 0.3 is 0 Å². The van der Waals surface area contributed by atoms with Crippen LogP contribution in [-0.4, -0.2) is 52.6 Å². The fourth-order valence-corrected chi connectivity index (χ4v) is 6.49. The standard InChI is InChI=1S/C28H28N4O4S2/c1-36-23-14-12-22(13-15-23)31-16-18-32(19-17-31)28-29-27(21-8-4-2-5-9-21)25(37-28)20-26(33)30-38(34,35)24-10-6-3-7-11-24/h2-15H,16-20H2,1H3,(H,30,33). The molecule has 0 aliphatic carbocycles. The molecule has 1 aliphatic heterocycles. The maximum Gasteiger partial charge on any atom is 0.264 e. The Hall–Kier alpha value is -3.89. The number of anilines is 2. The highest BCUT2D eigenvalue weighted by atomic mass is 32.2. The van der Waals surface area contributed by atoms with Gasteiger partial charge in [-0.3, -0.25) is 4.79 Å². The van der Waals surface area contributed by atoms with Crippen LogP contribution in [0.4, 0.5) is 10.8 Å². The normalized spacial score (nSPS) is 13.8. The van der Waals surface area contributed by atoms with Crippen molar-refractivity contribution in [1.82, 2.24) is 9.71 Å². The zero-order chi connectivity index (χ0) is 26.5. The molecule has 1 saturated heterocycles. The molecule has 4 aromatic rings. The smallest absolute Gasteiger partial charge is 0.264 e. The summed E-state index contributed by atoms with van der Waals surface area (Å²) < 4.78 is 32.8. The van der Waals surface area contributed by atoms with Gasteiger partial charge in [0.15, 0.2) is 5.13 Å². The van der Waals surface area contributed by atoms with Gasteiger partial charge in [-0.05, 0) is 36.4 Å². The molecular formula is C28H28N4O4S2. The quantitative estimate of drug-likeness (QED) is 0.353. The number of rotatable bonds is 8. The second-order valence-corrected chi connectivity index (χ2v) is 11.6. The van der Waals surface area contributed by atoms with E-state index in [-0.39, 0.29) is 11.3 Å². The van der Waals surface area contributed by atoms with Crippen molar-refractivity contribution in [2.45, 2.75) is 11.3 Å². The Bertz CT molecular complexity index is 1480. The van der Waals surface area contributed by atoms with Crippen molar-refractivity contribution in [2.75, 3.05) is 43.1 Å². The second kappa shape index (κ2) is 11.2. The van der Waals surface area contributed by atoms with Crippen LogP contribution in [-0.2, 0) is 21.2 Å². The molecule has 5 rings (SSSR count). The number of nitrogens with zero attached hydrogens (tertiary/aromatic N) is 3. The number of ether oxygens (including phenoxy) is 1. The number of amides is 1. The van der Waals surface area contributed by atoms with Gasteiger partial charge in [0.2, 0.25) is 5.91 Å². The number of hydrogen-bond acceptors (Lipinski definition) is 8. The highest BCUT2D eigenvalue weighted by Gasteiger charge is 2.25. The Morgan fingerprint density at radius 3 is 2.13 bits per heavy atom. The highest BCUT2D eigenvalue weighted by Crippen LogP contribution is 2.34. The molecule has 8 nitrogen and oxygen atoms in total. The summed E-state index contributed by atoms with van der Waals surface area (Å²) in [6, 6.07) is 25.6. The van der Waals surface area contributed by atoms with Crippen LogP contribution in [0.15, 0.2) is 89.8 Å². The predicted octanol–water partition coefficient (Wildman–Crippen LogP) is 4.19. The first-order chi connectivity index (χ1) is 18.4. The fraction of sp³-hybridized carbons (Fsp3) is 0.214. The largest absolute Gasteiger partial charge is 0.497 e. The summed E-state index contributed by atoms with van der Waals surface area (Å²) in [6.07, 6.45) is -0.0836. The van der Waals surface area contributed by atoms with Crippen molar-refractivity contribution in [2.24, 2.45) is 0 Å². The van der Waals surface area contributed by atoms with E-state index < -0.39 is 15.9 Å². The molecule has 10 heteroatoms. The Labute approximate surface area is 226 Å². The van der Waals surface area contributed by atoms with Crippen LogP contribution < -0.4 is 19.3 Å². The number of carbonyl (C=O) groups is 1. The highest BCUT2D eigenvalue weighted by molar-refractivity contribution is 7.90. The van der Waals surface area contributed by atoms with Crippen LogP contribution in [0.1, 0.15) is 4.88 Å². The van der Waals surface area contributed by atoms with Crippen LogP contribution in [0.25, 0.3) is 11.3 Å². The van der Waals surface area contributed by atoms with E-state index in [1.54, 1.807) is 25.3 Å². The van der Waals surface area contributed by atoms with Crippen molar-refractivity contribution in [1.29, 1.82) is 0 Å². The van der Waals surface area contributed by atoms with Crippen LogP contribution in [0.2, 0.25) is 0 Å². The maximum absolute atomic E-state index is 12.9. The Morgan fingerprint density at radius 1 is 0.895 bits per heavy atom. The van der Waals surface area contributed by atoms with Crippen molar-refractivity contribution >= 4 is 38.1 Å². The van der Waals surface area contributed by atoms with Gasteiger partial charge < -0.3 is 14.5 Å². The van der Waals surface area contributed by atoms with E-state index in [1.807, 2.05) is 42.5 Å². The molecule has 0 bridgehead atoms. The van der Waals surface area contributed by atoms with Crippen LogP contribution in [0.5, 0.6) is 5.75 Å². The molecule has 1 amide bonds. The fourth-order valence-electron chi connectivity index (χ4n) is 4.36. The molecule has 0 atom stereocenters. The lowest BCUT2D eigenvalue weighted by Crippen LogP contribution is -2.46. The van der Waals surface area contributed by atoms with E-state index >= 15 is 0 Å². The molecule has 1 N–H and O–H groups in total. The number of methoxy groups -OCH3 is 1. The molecule has 1 aromatic heterocycles. The van der Waals surface area contributed by atoms with Gasteiger partial charge in [-0.15, -0.1) is 11.3 Å².